The van der Waals surface area contributed by atoms with Crippen molar-refractivity contribution in [1.82, 2.24) is 25.5 Å². The van der Waals surface area contributed by atoms with Crippen LogP contribution in [0.5, 0.6) is 0 Å². The van der Waals surface area contributed by atoms with Gasteiger partial charge in [0.2, 0.25) is 11.1 Å². The van der Waals surface area contributed by atoms with Gasteiger partial charge in [-0.3, -0.25) is 4.79 Å². The van der Waals surface area contributed by atoms with Gasteiger partial charge in [0.1, 0.15) is 0 Å². The van der Waals surface area contributed by atoms with Crippen LogP contribution in [0.4, 0.5) is 0 Å². The highest BCUT2D eigenvalue weighted by molar-refractivity contribution is 7.99. The number of rotatable bonds is 5. The van der Waals surface area contributed by atoms with Gasteiger partial charge in [0.15, 0.2) is 9.84 Å². The number of nitrogens with one attached hydrogen (secondary N) is 1. The number of hydrogen-bond donors (Lipinski definition) is 1. The smallest absolute Gasteiger partial charge is 0.230 e. The number of carbonyl (C=O) groups excluding carboxylic acids is 1. The Balaban J connectivity index is 1.66. The normalized spacial score (nSPS) is 21.7. The first-order valence-corrected chi connectivity index (χ1v) is 11.1. The topological polar surface area (TPSA) is 107 Å². The van der Waals surface area contributed by atoms with E-state index in [0.29, 0.717) is 5.16 Å². The molecule has 0 bridgehead atoms. The molecule has 26 heavy (non-hydrogen) atoms. The number of thioether (sulfide) groups is 1. The van der Waals surface area contributed by atoms with Crippen LogP contribution in [0.3, 0.4) is 0 Å². The second-order valence-corrected chi connectivity index (χ2v) is 9.83. The number of amides is 1. The van der Waals surface area contributed by atoms with Gasteiger partial charge in [0, 0.05) is 0 Å². The average molecular weight is 416 g/mol. The summed E-state index contributed by atoms with van der Waals surface area (Å²) in [6.07, 6.45) is 0. The number of para-hydroxylation sites is 1. The highest BCUT2D eigenvalue weighted by atomic mass is 35.5. The van der Waals surface area contributed by atoms with Gasteiger partial charge in [-0.25, -0.2) is 8.42 Å². The summed E-state index contributed by atoms with van der Waals surface area (Å²) in [5.74, 6) is -0.487. The van der Waals surface area contributed by atoms with E-state index in [1.54, 1.807) is 4.68 Å². The van der Waals surface area contributed by atoms with Crippen LogP contribution in [0.25, 0.3) is 5.69 Å². The molecule has 0 radical (unpaired) electrons. The molecule has 2 atom stereocenters. The minimum absolute atomic E-state index is 0.0610. The first kappa shape index (κ1) is 19.1. The van der Waals surface area contributed by atoms with Crippen molar-refractivity contribution < 1.29 is 13.2 Å². The monoisotopic (exact) mass is 415 g/mol. The molecule has 1 N–H and O–H groups in total. The quantitative estimate of drug-likeness (QED) is 0.570. The molecule has 2 aromatic rings. The molecule has 8 nitrogen and oxygen atoms in total. The number of aromatic nitrogens is 4. The van der Waals surface area contributed by atoms with E-state index < -0.39 is 21.3 Å². The number of aryl methyl sites for hydroxylation is 2. The molecule has 2 heterocycles. The second-order valence-electron chi connectivity index (χ2n) is 6.17. The van der Waals surface area contributed by atoms with E-state index in [1.807, 2.05) is 32.0 Å². The van der Waals surface area contributed by atoms with Crippen LogP contribution < -0.4 is 5.32 Å². The highest BCUT2D eigenvalue weighted by Crippen LogP contribution is 2.23. The molecule has 3 rings (SSSR count). The van der Waals surface area contributed by atoms with Crippen LogP contribution in [0, 0.1) is 13.8 Å². The number of sulfone groups is 1. The van der Waals surface area contributed by atoms with E-state index in [9.17, 15) is 13.2 Å². The molecular weight excluding hydrogens is 398 g/mol. The maximum absolute atomic E-state index is 12.2. The fourth-order valence-electron chi connectivity index (χ4n) is 2.86. The van der Waals surface area contributed by atoms with E-state index in [-0.39, 0.29) is 23.2 Å². The summed E-state index contributed by atoms with van der Waals surface area (Å²) >= 11 is 7.19. The molecule has 0 aliphatic carbocycles. The molecule has 0 saturated carbocycles. The van der Waals surface area contributed by atoms with Crippen LogP contribution in [-0.2, 0) is 14.6 Å². The Kier molecular flexibility index (Phi) is 5.54. The lowest BCUT2D eigenvalue weighted by atomic mass is 10.1. The van der Waals surface area contributed by atoms with Crippen molar-refractivity contribution in [2.45, 2.75) is 30.4 Å². The van der Waals surface area contributed by atoms with Gasteiger partial charge in [-0.15, -0.1) is 16.7 Å². The van der Waals surface area contributed by atoms with Crippen LogP contribution in [-0.4, -0.2) is 63.2 Å². The molecule has 1 aromatic carbocycles. The number of benzene rings is 1. The molecular formula is C15H18ClN5O3S2. The molecule has 1 aliphatic heterocycles. The Labute approximate surface area is 160 Å². The third-order valence-electron chi connectivity index (χ3n) is 4.05. The van der Waals surface area contributed by atoms with Crippen molar-refractivity contribution in [2.24, 2.45) is 0 Å². The third-order valence-corrected chi connectivity index (χ3v) is 7.35. The van der Waals surface area contributed by atoms with E-state index in [1.165, 1.54) is 11.8 Å². The first-order valence-electron chi connectivity index (χ1n) is 7.88. The number of tetrazole rings is 1. The fourth-order valence-corrected chi connectivity index (χ4v) is 6.10. The van der Waals surface area contributed by atoms with Gasteiger partial charge < -0.3 is 5.32 Å². The number of nitrogens with zero attached hydrogens (tertiary/aromatic N) is 4. The summed E-state index contributed by atoms with van der Waals surface area (Å²) < 4.78 is 24.7. The summed E-state index contributed by atoms with van der Waals surface area (Å²) in [5.41, 5.74) is 2.91. The third kappa shape index (κ3) is 4.18. The first-order chi connectivity index (χ1) is 12.3. The molecule has 1 aliphatic rings. The van der Waals surface area contributed by atoms with Crippen molar-refractivity contribution in [1.29, 1.82) is 0 Å². The average Bonchev–Trinajstić information content (AvgIpc) is 3.09. The zero-order valence-electron chi connectivity index (χ0n) is 14.2. The Morgan fingerprint density at radius 3 is 2.65 bits per heavy atom. The van der Waals surface area contributed by atoms with E-state index in [2.05, 4.69) is 20.8 Å². The van der Waals surface area contributed by atoms with Crippen LogP contribution in [0.1, 0.15) is 11.1 Å². The summed E-state index contributed by atoms with van der Waals surface area (Å²) in [7, 11) is -3.19. The van der Waals surface area contributed by atoms with Gasteiger partial charge in [0.05, 0.1) is 34.4 Å². The van der Waals surface area contributed by atoms with Crippen molar-refractivity contribution in [3.8, 4) is 5.69 Å². The van der Waals surface area contributed by atoms with Gasteiger partial charge in [-0.2, -0.15) is 4.68 Å². The zero-order valence-corrected chi connectivity index (χ0v) is 16.6. The zero-order chi connectivity index (χ0) is 18.9. The van der Waals surface area contributed by atoms with E-state index >= 15 is 0 Å². The van der Waals surface area contributed by atoms with Crippen molar-refractivity contribution in [2.75, 3.05) is 17.3 Å². The van der Waals surface area contributed by atoms with Crippen molar-refractivity contribution in [3.05, 3.63) is 29.3 Å². The van der Waals surface area contributed by atoms with E-state index in [4.69, 9.17) is 11.6 Å². The molecule has 1 saturated heterocycles. The molecule has 1 fully saturated rings. The van der Waals surface area contributed by atoms with Gasteiger partial charge >= 0.3 is 0 Å². The minimum Gasteiger partial charge on any atom is -0.350 e. The molecule has 140 valence electrons. The second kappa shape index (κ2) is 7.53. The maximum Gasteiger partial charge on any atom is 0.230 e. The molecule has 0 unspecified atom stereocenters. The molecule has 1 amide bonds. The Morgan fingerprint density at radius 2 is 2.04 bits per heavy atom. The molecule has 11 heteroatoms. The summed E-state index contributed by atoms with van der Waals surface area (Å²) in [6.45, 7) is 3.93. The van der Waals surface area contributed by atoms with E-state index in [0.717, 1.165) is 16.8 Å². The number of carbonyl (C=O) groups is 1. The van der Waals surface area contributed by atoms with Crippen molar-refractivity contribution in [3.63, 3.8) is 0 Å². The van der Waals surface area contributed by atoms with Gasteiger partial charge in [0.25, 0.3) is 0 Å². The Morgan fingerprint density at radius 1 is 1.35 bits per heavy atom. The fraction of sp³-hybridized carbons (Fsp3) is 0.467. The van der Waals surface area contributed by atoms with Gasteiger partial charge in [-0.1, -0.05) is 30.0 Å². The predicted octanol–water partition coefficient (Wildman–Crippen LogP) is 0.892. The standard InChI is InChI=1S/C15H18ClN5O3S2/c1-9-4-3-5-10(2)14(9)21-15(18-19-20-21)25-6-13(22)17-12-8-26(23,24)7-11(12)16/h3-5,11-12H,6-8H2,1-2H3,(H,17,22)/t11-,12-/m0/s1. The lowest BCUT2D eigenvalue weighted by Crippen LogP contribution is -2.41. The van der Waals surface area contributed by atoms with Crippen molar-refractivity contribution >= 4 is 39.1 Å². The van der Waals surface area contributed by atoms with Crippen LogP contribution in [0.15, 0.2) is 23.4 Å². The van der Waals surface area contributed by atoms with Crippen LogP contribution >= 0.6 is 23.4 Å². The SMILES string of the molecule is Cc1cccc(C)c1-n1nnnc1SCC(=O)N[C@H]1CS(=O)(=O)C[C@@H]1Cl. The lowest BCUT2D eigenvalue weighted by molar-refractivity contribution is -0.119. The largest absolute Gasteiger partial charge is 0.350 e. The van der Waals surface area contributed by atoms with Crippen LogP contribution in [0.2, 0.25) is 0 Å². The minimum atomic E-state index is -3.19. The summed E-state index contributed by atoms with van der Waals surface area (Å²) in [6, 6.07) is 5.32. The predicted molar refractivity (Wildman–Crippen MR) is 99.6 cm³/mol. The molecule has 1 aromatic heterocycles. The summed E-state index contributed by atoms with van der Waals surface area (Å²) in [4.78, 5) is 12.2. The lowest BCUT2D eigenvalue weighted by Gasteiger charge is -2.14. The van der Waals surface area contributed by atoms with Gasteiger partial charge in [-0.05, 0) is 35.4 Å². The Bertz CT molecular complexity index is 911. The maximum atomic E-state index is 12.2. The summed E-state index contributed by atoms with van der Waals surface area (Å²) in [5, 5.41) is 14.3. The Hall–Kier alpha value is -1.65. The number of alkyl halides is 1. The number of hydrogen-bond acceptors (Lipinski definition) is 7. The highest BCUT2D eigenvalue weighted by Gasteiger charge is 2.37. The number of halogens is 1. The molecule has 0 spiro atoms.